The summed E-state index contributed by atoms with van der Waals surface area (Å²) in [5.74, 6) is 0. The van der Waals surface area contributed by atoms with Crippen molar-refractivity contribution >= 4 is 0 Å². The molecule has 0 atom stereocenters. The molecule has 0 amide bonds. The Morgan fingerprint density at radius 2 is 0.600 bits per heavy atom. The SMILES string of the molecule is CCCCCCCCCCCCCC.[Co+2]. The van der Waals surface area contributed by atoms with Crippen molar-refractivity contribution in [1.82, 2.24) is 0 Å². The third-order valence-electron chi connectivity index (χ3n) is 2.96. The van der Waals surface area contributed by atoms with E-state index in [0.29, 0.717) is 0 Å². The molecule has 1 heteroatoms. The molecule has 0 saturated carbocycles. The molecular weight excluding hydrogens is 227 g/mol. The number of hydrogen-bond donors (Lipinski definition) is 0. The van der Waals surface area contributed by atoms with Gasteiger partial charge in [-0.2, -0.15) is 0 Å². The van der Waals surface area contributed by atoms with Crippen molar-refractivity contribution in [3.05, 3.63) is 0 Å². The molecule has 0 N–H and O–H groups in total. The summed E-state index contributed by atoms with van der Waals surface area (Å²) in [6.45, 7) is 4.57. The summed E-state index contributed by atoms with van der Waals surface area (Å²) in [5.41, 5.74) is 0. The first-order chi connectivity index (χ1) is 6.91. The van der Waals surface area contributed by atoms with Gasteiger partial charge in [-0.15, -0.1) is 0 Å². The van der Waals surface area contributed by atoms with Crippen LogP contribution in [0.1, 0.15) is 90.9 Å². The maximum atomic E-state index is 2.29. The third kappa shape index (κ3) is 17.1. The van der Waals surface area contributed by atoms with Crippen molar-refractivity contribution in [2.24, 2.45) is 0 Å². The molecule has 0 rings (SSSR count). The summed E-state index contributed by atoms with van der Waals surface area (Å²) in [4.78, 5) is 0. The molecule has 0 heterocycles. The fourth-order valence-electron chi connectivity index (χ4n) is 1.91. The van der Waals surface area contributed by atoms with Crippen molar-refractivity contribution in [3.8, 4) is 0 Å². The average Bonchev–Trinajstić information content (AvgIpc) is 2.21. The fourth-order valence-corrected chi connectivity index (χ4v) is 1.91. The maximum absolute atomic E-state index is 2.29. The molecule has 0 unspecified atom stereocenters. The molecule has 93 valence electrons. The first kappa shape index (κ1) is 17.9. The predicted octanol–water partition coefficient (Wildman–Crippen LogP) is 5.70. The van der Waals surface area contributed by atoms with E-state index in [2.05, 4.69) is 13.8 Å². The van der Waals surface area contributed by atoms with Gasteiger partial charge in [-0.1, -0.05) is 90.9 Å². The minimum absolute atomic E-state index is 0. The Hall–Kier alpha value is 0.506. The van der Waals surface area contributed by atoms with Crippen LogP contribution >= 0.6 is 0 Å². The van der Waals surface area contributed by atoms with Crippen molar-refractivity contribution in [2.45, 2.75) is 90.9 Å². The summed E-state index contributed by atoms with van der Waals surface area (Å²) in [7, 11) is 0. The Kier molecular flexibility index (Phi) is 20.2. The summed E-state index contributed by atoms with van der Waals surface area (Å²) < 4.78 is 0. The second kappa shape index (κ2) is 16.9. The van der Waals surface area contributed by atoms with E-state index in [4.69, 9.17) is 0 Å². The van der Waals surface area contributed by atoms with Crippen LogP contribution in [0.25, 0.3) is 0 Å². The van der Waals surface area contributed by atoms with E-state index < -0.39 is 0 Å². The normalized spacial score (nSPS) is 10.0. The zero-order valence-electron chi connectivity index (χ0n) is 10.8. The number of hydrogen-bond acceptors (Lipinski definition) is 0. The van der Waals surface area contributed by atoms with Gasteiger partial charge in [0.2, 0.25) is 0 Å². The van der Waals surface area contributed by atoms with Crippen LogP contribution in [0.4, 0.5) is 0 Å². The van der Waals surface area contributed by atoms with Crippen LogP contribution in [0.5, 0.6) is 0 Å². The van der Waals surface area contributed by atoms with Crippen molar-refractivity contribution in [1.29, 1.82) is 0 Å². The standard InChI is InChI=1S/C14H30.Co/c1-3-5-7-9-11-13-14-12-10-8-6-4-2;/h3-14H2,1-2H3;/q;+2. The number of unbranched alkanes of at least 4 members (excludes halogenated alkanes) is 11. The summed E-state index contributed by atoms with van der Waals surface area (Å²) in [6.07, 6.45) is 17.4. The smallest absolute Gasteiger partial charge is 0.0654 e. The van der Waals surface area contributed by atoms with E-state index in [0.717, 1.165) is 0 Å². The Bertz CT molecular complexity index is 79.3. The van der Waals surface area contributed by atoms with Crippen LogP contribution in [0.15, 0.2) is 0 Å². The van der Waals surface area contributed by atoms with E-state index in [1.807, 2.05) is 0 Å². The van der Waals surface area contributed by atoms with Crippen LogP contribution in [-0.4, -0.2) is 0 Å². The molecule has 0 saturated heterocycles. The maximum Gasteiger partial charge on any atom is 2.00 e. The average molecular weight is 257 g/mol. The van der Waals surface area contributed by atoms with Gasteiger partial charge in [-0.3, -0.25) is 0 Å². The summed E-state index contributed by atoms with van der Waals surface area (Å²) in [5, 5.41) is 0. The van der Waals surface area contributed by atoms with Crippen molar-refractivity contribution in [2.75, 3.05) is 0 Å². The largest absolute Gasteiger partial charge is 2.00 e. The Morgan fingerprint density at radius 1 is 0.400 bits per heavy atom. The van der Waals surface area contributed by atoms with E-state index in [1.165, 1.54) is 77.0 Å². The molecule has 0 nitrogen and oxygen atoms in total. The predicted molar refractivity (Wildman–Crippen MR) is 66.8 cm³/mol. The van der Waals surface area contributed by atoms with Crippen molar-refractivity contribution in [3.63, 3.8) is 0 Å². The monoisotopic (exact) mass is 257 g/mol. The molecule has 0 aliphatic heterocycles. The second-order valence-corrected chi connectivity index (χ2v) is 4.54. The van der Waals surface area contributed by atoms with Gasteiger partial charge >= 0.3 is 16.8 Å². The molecule has 0 aliphatic rings. The summed E-state index contributed by atoms with van der Waals surface area (Å²) in [6, 6.07) is 0. The van der Waals surface area contributed by atoms with Gasteiger partial charge < -0.3 is 0 Å². The molecule has 0 bridgehead atoms. The first-order valence-corrected chi connectivity index (χ1v) is 6.91. The van der Waals surface area contributed by atoms with Crippen LogP contribution in [0, 0.1) is 0 Å². The molecule has 0 aliphatic carbocycles. The van der Waals surface area contributed by atoms with E-state index in [1.54, 1.807) is 0 Å². The molecule has 0 aromatic rings. The molecule has 0 aromatic heterocycles. The quantitative estimate of drug-likeness (QED) is 0.416. The van der Waals surface area contributed by atoms with Gasteiger partial charge in [0.15, 0.2) is 0 Å². The van der Waals surface area contributed by atoms with Gasteiger partial charge in [0, 0.05) is 0 Å². The summed E-state index contributed by atoms with van der Waals surface area (Å²) >= 11 is 0. The Labute approximate surface area is 108 Å². The zero-order valence-corrected chi connectivity index (χ0v) is 11.9. The zero-order chi connectivity index (χ0) is 10.5. The molecule has 1 radical (unpaired) electrons. The molecule has 0 spiro atoms. The third-order valence-corrected chi connectivity index (χ3v) is 2.96. The molecule has 15 heavy (non-hydrogen) atoms. The van der Waals surface area contributed by atoms with Gasteiger partial charge in [-0.05, 0) is 0 Å². The van der Waals surface area contributed by atoms with Gasteiger partial charge in [0.25, 0.3) is 0 Å². The van der Waals surface area contributed by atoms with E-state index >= 15 is 0 Å². The van der Waals surface area contributed by atoms with E-state index in [-0.39, 0.29) is 16.8 Å². The topological polar surface area (TPSA) is 0 Å². The van der Waals surface area contributed by atoms with E-state index in [9.17, 15) is 0 Å². The van der Waals surface area contributed by atoms with Crippen LogP contribution < -0.4 is 0 Å². The first-order valence-electron chi connectivity index (χ1n) is 6.91. The molecule has 0 fully saturated rings. The Balaban J connectivity index is 0. The molecule has 0 aromatic carbocycles. The molecular formula is C14H30Co+2. The van der Waals surface area contributed by atoms with Crippen LogP contribution in [0.2, 0.25) is 0 Å². The Morgan fingerprint density at radius 3 is 0.800 bits per heavy atom. The van der Waals surface area contributed by atoms with Gasteiger partial charge in [0.1, 0.15) is 0 Å². The number of rotatable bonds is 11. The minimum Gasteiger partial charge on any atom is -0.0654 e. The van der Waals surface area contributed by atoms with Crippen molar-refractivity contribution < 1.29 is 16.8 Å². The van der Waals surface area contributed by atoms with Gasteiger partial charge in [0.05, 0.1) is 0 Å². The van der Waals surface area contributed by atoms with Gasteiger partial charge in [-0.25, -0.2) is 0 Å². The minimum atomic E-state index is 0. The second-order valence-electron chi connectivity index (χ2n) is 4.54. The van der Waals surface area contributed by atoms with Crippen LogP contribution in [0.3, 0.4) is 0 Å². The van der Waals surface area contributed by atoms with Crippen LogP contribution in [-0.2, 0) is 16.8 Å². The fraction of sp³-hybridized carbons (Fsp3) is 1.00.